The first kappa shape index (κ1) is 19.6. The van der Waals surface area contributed by atoms with Crippen LogP contribution < -0.4 is 4.74 Å². The van der Waals surface area contributed by atoms with Crippen molar-refractivity contribution in [1.82, 2.24) is 0 Å². The molecule has 1 aromatic carbocycles. The van der Waals surface area contributed by atoms with Crippen molar-refractivity contribution >= 4 is 0 Å². The lowest BCUT2D eigenvalue weighted by Crippen LogP contribution is -2.45. The van der Waals surface area contributed by atoms with Gasteiger partial charge in [-0.1, -0.05) is 13.0 Å². The Morgan fingerprint density at radius 3 is 2.77 bits per heavy atom. The summed E-state index contributed by atoms with van der Waals surface area (Å²) in [5.74, 6) is 2.71. The average molecular weight is 413 g/mol. The van der Waals surface area contributed by atoms with E-state index in [0.29, 0.717) is 11.8 Å². The van der Waals surface area contributed by atoms with Crippen LogP contribution in [0.4, 0.5) is 0 Å². The molecular formula is C26H36O4. The van der Waals surface area contributed by atoms with Gasteiger partial charge in [0.2, 0.25) is 0 Å². The van der Waals surface area contributed by atoms with Crippen molar-refractivity contribution in [2.45, 2.75) is 102 Å². The van der Waals surface area contributed by atoms with Gasteiger partial charge in [0, 0.05) is 6.42 Å². The highest BCUT2D eigenvalue weighted by Crippen LogP contribution is 2.64. The lowest BCUT2D eigenvalue weighted by Gasteiger charge is -2.50. The molecule has 0 aromatic heterocycles. The number of hydrogen-bond acceptors (Lipinski definition) is 4. The van der Waals surface area contributed by atoms with Crippen LogP contribution in [-0.2, 0) is 20.6 Å². The van der Waals surface area contributed by atoms with Gasteiger partial charge in [0.1, 0.15) is 5.75 Å². The van der Waals surface area contributed by atoms with Crippen LogP contribution in [0.25, 0.3) is 0 Å². The predicted octanol–water partition coefficient (Wildman–Crippen LogP) is 5.58. The maximum atomic E-state index is 6.43. The Labute approximate surface area is 180 Å². The van der Waals surface area contributed by atoms with Crippen LogP contribution >= 0.6 is 0 Å². The molecular weight excluding hydrogens is 376 g/mol. The minimum atomic E-state index is -0.419. The molecule has 5 aliphatic rings. The van der Waals surface area contributed by atoms with Crippen molar-refractivity contribution < 1.29 is 18.9 Å². The molecule has 0 bridgehead atoms. The quantitative estimate of drug-likeness (QED) is 0.636. The molecule has 0 amide bonds. The van der Waals surface area contributed by atoms with Gasteiger partial charge in [-0.15, -0.1) is 0 Å². The number of ether oxygens (including phenoxy) is 4. The third-order valence-electron chi connectivity index (χ3n) is 8.86. The molecule has 4 nitrogen and oxygen atoms in total. The molecule has 2 heterocycles. The highest BCUT2D eigenvalue weighted by atomic mass is 16.8. The first-order chi connectivity index (χ1) is 14.4. The van der Waals surface area contributed by atoms with Gasteiger partial charge in [-0.05, 0) is 105 Å². The molecule has 2 saturated carbocycles. The van der Waals surface area contributed by atoms with Crippen molar-refractivity contribution in [3.63, 3.8) is 0 Å². The molecule has 3 aliphatic carbocycles. The largest absolute Gasteiger partial charge is 0.465 e. The molecule has 2 aliphatic heterocycles. The van der Waals surface area contributed by atoms with Gasteiger partial charge in [0.05, 0.1) is 18.8 Å². The van der Waals surface area contributed by atoms with Gasteiger partial charge >= 0.3 is 0 Å². The van der Waals surface area contributed by atoms with Crippen LogP contribution in [0, 0.1) is 17.3 Å². The Kier molecular flexibility index (Phi) is 4.53. The Morgan fingerprint density at radius 1 is 1.03 bits per heavy atom. The maximum absolute atomic E-state index is 6.43. The number of fused-ring (bicyclic) bond motifs is 7. The summed E-state index contributed by atoms with van der Waals surface area (Å²) in [6.07, 6.45) is 9.97. The zero-order valence-electron chi connectivity index (χ0n) is 18.7. The fraction of sp³-hybridized carbons (Fsp3) is 0.769. The molecule has 30 heavy (non-hydrogen) atoms. The summed E-state index contributed by atoms with van der Waals surface area (Å²) in [7, 11) is 0. The second kappa shape index (κ2) is 6.95. The summed E-state index contributed by atoms with van der Waals surface area (Å²) >= 11 is 0. The maximum Gasteiger partial charge on any atom is 0.199 e. The molecule has 164 valence electrons. The van der Waals surface area contributed by atoms with E-state index in [4.69, 9.17) is 18.9 Å². The Hall–Kier alpha value is -1.10. The molecule has 1 aromatic rings. The highest BCUT2D eigenvalue weighted by Gasteiger charge is 2.63. The first-order valence-electron chi connectivity index (χ1n) is 12.2. The Bertz CT molecular complexity index is 813. The van der Waals surface area contributed by atoms with Gasteiger partial charge in [-0.2, -0.15) is 0 Å². The summed E-state index contributed by atoms with van der Waals surface area (Å²) in [5.41, 5.74) is 3.34. The van der Waals surface area contributed by atoms with E-state index in [-0.39, 0.29) is 23.9 Å². The van der Waals surface area contributed by atoms with Crippen LogP contribution in [0.3, 0.4) is 0 Å². The number of hydrogen-bond donors (Lipinski definition) is 0. The topological polar surface area (TPSA) is 36.9 Å². The summed E-state index contributed by atoms with van der Waals surface area (Å²) < 4.78 is 24.7. The lowest BCUT2D eigenvalue weighted by atomic mass is 9.55. The van der Waals surface area contributed by atoms with E-state index in [1.54, 1.807) is 5.56 Å². The molecule has 0 N–H and O–H groups in total. The molecule has 7 atom stereocenters. The highest BCUT2D eigenvalue weighted by molar-refractivity contribution is 5.41. The minimum absolute atomic E-state index is 0.0642. The van der Waals surface area contributed by atoms with Gasteiger partial charge in [-0.3, -0.25) is 0 Å². The molecule has 4 fully saturated rings. The monoisotopic (exact) mass is 412 g/mol. The molecule has 0 radical (unpaired) electrons. The van der Waals surface area contributed by atoms with E-state index in [0.717, 1.165) is 37.5 Å². The Morgan fingerprint density at radius 2 is 1.93 bits per heavy atom. The van der Waals surface area contributed by atoms with E-state index >= 15 is 0 Å². The van der Waals surface area contributed by atoms with Crippen molar-refractivity contribution in [1.29, 1.82) is 0 Å². The van der Waals surface area contributed by atoms with Crippen molar-refractivity contribution in [2.24, 2.45) is 17.3 Å². The lowest BCUT2D eigenvalue weighted by molar-refractivity contribution is -0.178. The number of aryl methyl sites for hydroxylation is 1. The molecule has 2 saturated heterocycles. The normalized spacial score (nSPS) is 44.0. The van der Waals surface area contributed by atoms with Crippen LogP contribution in [-0.4, -0.2) is 30.9 Å². The SMILES string of the molecule is CC1(C)O[C@H]2C[C@H]3[C@@H]4CCc5cc(O[C@@H]6CCCCO6)ccc5[C@H]4CC[C@]3(C)[C@H]2O1. The van der Waals surface area contributed by atoms with Gasteiger partial charge < -0.3 is 18.9 Å². The van der Waals surface area contributed by atoms with Crippen LogP contribution in [0.1, 0.15) is 82.8 Å². The van der Waals surface area contributed by atoms with E-state index in [2.05, 4.69) is 39.0 Å². The van der Waals surface area contributed by atoms with Crippen LogP contribution in [0.15, 0.2) is 18.2 Å². The Balaban J connectivity index is 1.22. The number of rotatable bonds is 2. The van der Waals surface area contributed by atoms with Crippen LogP contribution in [0.5, 0.6) is 5.75 Å². The second-order valence-electron chi connectivity index (χ2n) is 11.1. The standard InChI is InChI=1S/C26H36O4/c1-25(2)29-22-15-21-20-9-7-16-14-17(28-23-6-4-5-13-27-23)8-10-18(16)19(20)11-12-26(21,3)24(22)30-25/h8,10,14,19-24H,4-7,9,11-13,15H2,1-3H3/t19-,20-,21+,22+,23-,24+,26+/m1/s1. The van der Waals surface area contributed by atoms with Crippen molar-refractivity contribution in [3.8, 4) is 5.75 Å². The van der Waals surface area contributed by atoms with E-state index in [9.17, 15) is 0 Å². The minimum Gasteiger partial charge on any atom is -0.465 e. The van der Waals surface area contributed by atoms with Crippen molar-refractivity contribution in [3.05, 3.63) is 29.3 Å². The second-order valence-corrected chi connectivity index (χ2v) is 11.1. The van der Waals surface area contributed by atoms with Gasteiger partial charge in [-0.25, -0.2) is 0 Å². The fourth-order valence-electron chi connectivity index (χ4n) is 7.55. The fourth-order valence-corrected chi connectivity index (χ4v) is 7.55. The molecule has 6 rings (SSSR count). The third-order valence-corrected chi connectivity index (χ3v) is 8.86. The van der Waals surface area contributed by atoms with E-state index in [1.165, 1.54) is 37.7 Å². The smallest absolute Gasteiger partial charge is 0.199 e. The summed E-state index contributed by atoms with van der Waals surface area (Å²) in [6.45, 7) is 7.46. The van der Waals surface area contributed by atoms with Gasteiger partial charge in [0.15, 0.2) is 12.1 Å². The number of benzene rings is 1. The van der Waals surface area contributed by atoms with E-state index < -0.39 is 5.79 Å². The summed E-state index contributed by atoms with van der Waals surface area (Å²) in [6, 6.07) is 6.85. The molecule has 0 spiro atoms. The van der Waals surface area contributed by atoms with Crippen molar-refractivity contribution in [2.75, 3.05) is 6.61 Å². The summed E-state index contributed by atoms with van der Waals surface area (Å²) in [4.78, 5) is 0. The third kappa shape index (κ3) is 3.05. The van der Waals surface area contributed by atoms with E-state index in [1.807, 2.05) is 0 Å². The predicted molar refractivity (Wildman–Crippen MR) is 114 cm³/mol. The summed E-state index contributed by atoms with van der Waals surface area (Å²) in [5, 5.41) is 0. The van der Waals surface area contributed by atoms with Crippen LogP contribution in [0.2, 0.25) is 0 Å². The average Bonchev–Trinajstić information content (AvgIpc) is 3.18. The zero-order valence-corrected chi connectivity index (χ0v) is 18.7. The molecule has 4 heteroatoms. The molecule has 0 unspecified atom stereocenters. The van der Waals surface area contributed by atoms with Gasteiger partial charge in [0.25, 0.3) is 0 Å². The zero-order chi connectivity index (χ0) is 20.5. The first-order valence-corrected chi connectivity index (χ1v) is 12.2.